The van der Waals surface area contributed by atoms with Gasteiger partial charge in [0.2, 0.25) is 11.0 Å². The molecule has 0 atom stereocenters. The molecule has 0 bridgehead atoms. The number of hydrogen-bond donors (Lipinski definition) is 2. The van der Waals surface area contributed by atoms with Crippen LogP contribution in [0.4, 0.5) is 5.13 Å². The van der Waals surface area contributed by atoms with E-state index < -0.39 is 0 Å². The van der Waals surface area contributed by atoms with E-state index in [0.29, 0.717) is 29.1 Å². The van der Waals surface area contributed by atoms with E-state index in [9.17, 15) is 4.79 Å². The van der Waals surface area contributed by atoms with Crippen molar-refractivity contribution in [3.05, 3.63) is 64.7 Å². The number of nitrogen functional groups attached to an aromatic ring is 1. The number of amides is 1. The number of rotatable bonds is 9. The normalized spacial score (nSPS) is 10.8. The number of nitrogens with zero attached hydrogens (tertiary/aromatic N) is 3. The molecule has 29 heavy (non-hydrogen) atoms. The van der Waals surface area contributed by atoms with Gasteiger partial charge in [0.15, 0.2) is 0 Å². The lowest BCUT2D eigenvalue weighted by Gasteiger charge is -2.11. The summed E-state index contributed by atoms with van der Waals surface area (Å²) < 4.78 is 11.5. The Morgan fingerprint density at radius 3 is 2.52 bits per heavy atom. The highest BCUT2D eigenvalue weighted by Gasteiger charge is 2.07. The number of anilines is 1. The van der Waals surface area contributed by atoms with Crippen LogP contribution >= 0.6 is 11.3 Å². The average Bonchev–Trinajstić information content (AvgIpc) is 3.12. The molecule has 1 amide bonds. The third-order valence-corrected chi connectivity index (χ3v) is 4.55. The Morgan fingerprint density at radius 1 is 1.10 bits per heavy atom. The van der Waals surface area contributed by atoms with Gasteiger partial charge in [-0.05, 0) is 30.7 Å². The highest BCUT2D eigenvalue weighted by atomic mass is 32.1. The number of hydrogen-bond acceptors (Lipinski definition) is 8. The van der Waals surface area contributed by atoms with Crippen LogP contribution in [0.15, 0.2) is 53.6 Å². The summed E-state index contributed by atoms with van der Waals surface area (Å²) in [7, 11) is 0. The van der Waals surface area contributed by atoms with Crippen molar-refractivity contribution in [3.8, 4) is 11.5 Å². The van der Waals surface area contributed by atoms with Crippen molar-refractivity contribution < 1.29 is 14.3 Å². The van der Waals surface area contributed by atoms with Crippen LogP contribution in [-0.4, -0.2) is 35.5 Å². The summed E-state index contributed by atoms with van der Waals surface area (Å²) in [6.07, 6.45) is 1.60. The van der Waals surface area contributed by atoms with Crippen molar-refractivity contribution in [3.63, 3.8) is 0 Å². The number of carbonyl (C=O) groups excluding carboxylic acids is 1. The summed E-state index contributed by atoms with van der Waals surface area (Å²) in [6, 6.07) is 15.2. The molecule has 0 saturated heterocycles. The minimum atomic E-state index is -0.303. The molecule has 2 aromatic carbocycles. The fourth-order valence-electron chi connectivity index (χ4n) is 2.43. The van der Waals surface area contributed by atoms with Gasteiger partial charge >= 0.3 is 0 Å². The first-order valence-corrected chi connectivity index (χ1v) is 9.73. The summed E-state index contributed by atoms with van der Waals surface area (Å²) in [5.41, 5.74) is 9.77. The Morgan fingerprint density at radius 2 is 1.79 bits per heavy atom. The zero-order valence-corrected chi connectivity index (χ0v) is 16.7. The molecule has 0 aliphatic heterocycles. The molecule has 0 fully saturated rings. The third-order valence-electron chi connectivity index (χ3n) is 3.80. The zero-order chi connectivity index (χ0) is 20.5. The molecule has 8 nitrogen and oxygen atoms in total. The average molecular weight is 411 g/mol. The summed E-state index contributed by atoms with van der Waals surface area (Å²) >= 11 is 1.17. The number of aryl methyl sites for hydroxylation is 1. The molecular weight excluding hydrogens is 390 g/mol. The quantitative estimate of drug-likeness (QED) is 0.318. The largest absolute Gasteiger partial charge is 0.490 e. The highest BCUT2D eigenvalue weighted by Crippen LogP contribution is 2.18. The molecule has 9 heteroatoms. The van der Waals surface area contributed by atoms with Gasteiger partial charge in [-0.15, -0.1) is 10.2 Å². The van der Waals surface area contributed by atoms with Gasteiger partial charge in [0.1, 0.15) is 29.7 Å². The van der Waals surface area contributed by atoms with Gasteiger partial charge in [0.05, 0.1) is 12.6 Å². The van der Waals surface area contributed by atoms with Crippen LogP contribution in [0.1, 0.15) is 16.1 Å². The van der Waals surface area contributed by atoms with Crippen molar-refractivity contribution in [2.24, 2.45) is 5.10 Å². The lowest BCUT2D eigenvalue weighted by molar-refractivity contribution is -0.120. The summed E-state index contributed by atoms with van der Waals surface area (Å²) in [6.45, 7) is 2.79. The van der Waals surface area contributed by atoms with Crippen molar-refractivity contribution in [2.75, 3.05) is 18.9 Å². The van der Waals surface area contributed by atoms with E-state index >= 15 is 0 Å². The van der Waals surface area contributed by atoms with E-state index in [1.165, 1.54) is 17.6 Å². The molecule has 1 heterocycles. The second-order valence-electron chi connectivity index (χ2n) is 6.00. The van der Waals surface area contributed by atoms with Crippen molar-refractivity contribution in [2.45, 2.75) is 13.3 Å². The molecule has 0 unspecified atom stereocenters. The van der Waals surface area contributed by atoms with Gasteiger partial charge < -0.3 is 15.2 Å². The first kappa shape index (κ1) is 20.3. The van der Waals surface area contributed by atoms with Gasteiger partial charge in [0.25, 0.3) is 0 Å². The van der Waals surface area contributed by atoms with E-state index in [1.807, 2.05) is 55.5 Å². The molecule has 0 radical (unpaired) electrons. The van der Waals surface area contributed by atoms with Crippen LogP contribution in [0.2, 0.25) is 0 Å². The van der Waals surface area contributed by atoms with Gasteiger partial charge in [-0.1, -0.05) is 41.7 Å². The van der Waals surface area contributed by atoms with Gasteiger partial charge in [-0.25, -0.2) is 5.43 Å². The second-order valence-corrected chi connectivity index (χ2v) is 7.10. The standard InChI is InChI=1S/C20H21N5O3S/c1-14-6-2-4-8-16(14)27-10-11-28-17-9-5-3-7-15(17)13-22-23-18(26)12-19-24-25-20(21)29-19/h2-9,13H,10-12H2,1H3,(H2,21,25)(H,23,26)/b22-13-. The lowest BCUT2D eigenvalue weighted by Crippen LogP contribution is -2.19. The minimum Gasteiger partial charge on any atom is -0.490 e. The van der Waals surface area contributed by atoms with E-state index in [-0.39, 0.29) is 12.3 Å². The topological polar surface area (TPSA) is 112 Å². The van der Waals surface area contributed by atoms with Crippen molar-refractivity contribution in [1.29, 1.82) is 0 Å². The maximum Gasteiger partial charge on any atom is 0.247 e. The molecule has 0 aliphatic rings. The first-order chi connectivity index (χ1) is 14.1. The molecule has 0 spiro atoms. The van der Waals surface area contributed by atoms with Crippen LogP contribution in [-0.2, 0) is 11.2 Å². The van der Waals surface area contributed by atoms with Gasteiger partial charge in [-0.3, -0.25) is 4.79 Å². The fraction of sp³-hybridized carbons (Fsp3) is 0.200. The molecule has 150 valence electrons. The summed E-state index contributed by atoms with van der Waals surface area (Å²) in [4.78, 5) is 11.9. The molecule has 3 rings (SSSR count). The van der Waals surface area contributed by atoms with Crippen LogP contribution in [0.25, 0.3) is 0 Å². The number of ether oxygens (including phenoxy) is 2. The van der Waals surface area contributed by atoms with E-state index in [1.54, 1.807) is 0 Å². The number of benzene rings is 2. The fourth-order valence-corrected chi connectivity index (χ4v) is 3.04. The van der Waals surface area contributed by atoms with Crippen LogP contribution in [0, 0.1) is 6.92 Å². The number of carbonyl (C=O) groups is 1. The SMILES string of the molecule is Cc1ccccc1OCCOc1ccccc1/C=N\NC(=O)Cc1nnc(N)s1. The number of hydrazone groups is 1. The number of aromatic nitrogens is 2. The minimum absolute atomic E-state index is 0.0700. The van der Waals surface area contributed by atoms with E-state index in [0.717, 1.165) is 16.9 Å². The first-order valence-electron chi connectivity index (χ1n) is 8.92. The molecule has 1 aromatic heterocycles. The molecule has 0 saturated carbocycles. The van der Waals surface area contributed by atoms with Crippen LogP contribution in [0.5, 0.6) is 11.5 Å². The monoisotopic (exact) mass is 411 g/mol. The molecule has 0 aliphatic carbocycles. The van der Waals surface area contributed by atoms with Crippen LogP contribution < -0.4 is 20.6 Å². The summed E-state index contributed by atoms with van der Waals surface area (Å²) in [5, 5.41) is 12.3. The number of para-hydroxylation sites is 2. The Kier molecular flexibility index (Phi) is 7.12. The predicted molar refractivity (Wildman–Crippen MR) is 112 cm³/mol. The van der Waals surface area contributed by atoms with Crippen molar-refractivity contribution in [1.82, 2.24) is 15.6 Å². The Labute approximate surface area is 172 Å². The smallest absolute Gasteiger partial charge is 0.247 e. The third kappa shape index (κ3) is 6.28. The Hall–Kier alpha value is -3.46. The highest BCUT2D eigenvalue weighted by molar-refractivity contribution is 7.15. The molecule has 3 N–H and O–H groups in total. The maximum absolute atomic E-state index is 11.9. The maximum atomic E-state index is 11.9. The Balaban J connectivity index is 1.48. The summed E-state index contributed by atoms with van der Waals surface area (Å²) in [5.74, 6) is 1.18. The number of nitrogens with one attached hydrogen (secondary N) is 1. The van der Waals surface area contributed by atoms with Gasteiger partial charge in [0, 0.05) is 5.56 Å². The predicted octanol–water partition coefficient (Wildman–Crippen LogP) is 2.58. The molecular formula is C20H21N5O3S. The lowest BCUT2D eigenvalue weighted by atomic mass is 10.2. The van der Waals surface area contributed by atoms with Crippen molar-refractivity contribution >= 4 is 28.6 Å². The van der Waals surface area contributed by atoms with Gasteiger partial charge in [-0.2, -0.15) is 5.10 Å². The molecule has 3 aromatic rings. The Bertz CT molecular complexity index is 990. The number of nitrogens with two attached hydrogens (primary N) is 1. The zero-order valence-electron chi connectivity index (χ0n) is 15.9. The second kappa shape index (κ2) is 10.2. The van der Waals surface area contributed by atoms with E-state index in [4.69, 9.17) is 15.2 Å². The van der Waals surface area contributed by atoms with E-state index in [2.05, 4.69) is 20.7 Å². The van der Waals surface area contributed by atoms with Crippen LogP contribution in [0.3, 0.4) is 0 Å².